The molecule has 2 rings (SSSR count). The number of hydrogen-bond acceptors (Lipinski definition) is 9. The molecule has 4 amide bonds. The predicted molar refractivity (Wildman–Crippen MR) is 131 cm³/mol. The van der Waals surface area contributed by atoms with Crippen LogP contribution in [0.3, 0.4) is 0 Å². The van der Waals surface area contributed by atoms with E-state index in [1.807, 2.05) is 0 Å². The number of aliphatic hydroxyl groups is 1. The number of aromatic hydroxyl groups is 1. The molecule has 2 aromatic rings. The number of phenols is 1. The van der Waals surface area contributed by atoms with Crippen LogP contribution >= 0.6 is 0 Å². The first-order chi connectivity index (χ1) is 18.0. The molecule has 38 heavy (non-hydrogen) atoms. The minimum atomic E-state index is -1.46. The maximum atomic E-state index is 13.2. The smallest absolute Gasteiger partial charge is 0.326 e. The van der Waals surface area contributed by atoms with Gasteiger partial charge in [0, 0.05) is 31.2 Å². The Hall–Kier alpha value is -4.50. The van der Waals surface area contributed by atoms with E-state index in [0.29, 0.717) is 11.3 Å². The number of aromatic nitrogens is 2. The van der Waals surface area contributed by atoms with Crippen LogP contribution in [0.5, 0.6) is 5.75 Å². The van der Waals surface area contributed by atoms with Gasteiger partial charge in [0.15, 0.2) is 0 Å². The molecule has 1 aromatic heterocycles. The van der Waals surface area contributed by atoms with Crippen molar-refractivity contribution < 1.29 is 39.3 Å². The Morgan fingerprint density at radius 2 is 1.50 bits per heavy atom. The maximum absolute atomic E-state index is 13.2. The molecule has 0 fully saturated rings. The molecule has 0 aliphatic heterocycles. The number of rotatable bonds is 15. The molecular formula is C23H31N7O8. The van der Waals surface area contributed by atoms with Gasteiger partial charge in [0.05, 0.1) is 12.9 Å². The molecular weight excluding hydrogens is 502 g/mol. The van der Waals surface area contributed by atoms with Crippen LogP contribution < -0.4 is 27.4 Å². The minimum absolute atomic E-state index is 0.0289. The summed E-state index contributed by atoms with van der Waals surface area (Å²) in [4.78, 5) is 68.0. The number of primary amides is 1. The molecule has 4 atom stereocenters. The summed E-state index contributed by atoms with van der Waals surface area (Å²) in [6, 6.07) is 0.423. The molecule has 0 spiro atoms. The number of nitrogens with zero attached hydrogens (tertiary/aromatic N) is 1. The van der Waals surface area contributed by atoms with Crippen LogP contribution in [-0.2, 0) is 36.8 Å². The largest absolute Gasteiger partial charge is 0.508 e. The average molecular weight is 534 g/mol. The van der Waals surface area contributed by atoms with Crippen LogP contribution in [0, 0.1) is 0 Å². The first-order valence-corrected chi connectivity index (χ1v) is 11.5. The molecule has 4 unspecified atom stereocenters. The summed E-state index contributed by atoms with van der Waals surface area (Å²) >= 11 is 0. The number of hydrogen-bond donors (Lipinski definition) is 9. The van der Waals surface area contributed by atoms with E-state index in [9.17, 15) is 39.3 Å². The Morgan fingerprint density at radius 3 is 2.03 bits per heavy atom. The zero-order chi connectivity index (χ0) is 28.2. The number of aliphatic hydroxyl groups excluding tert-OH is 1. The first-order valence-electron chi connectivity index (χ1n) is 11.5. The van der Waals surface area contributed by atoms with E-state index in [2.05, 4.69) is 25.9 Å². The van der Waals surface area contributed by atoms with Crippen molar-refractivity contribution in [2.24, 2.45) is 11.5 Å². The van der Waals surface area contributed by atoms with Gasteiger partial charge in [-0.05, 0) is 24.1 Å². The van der Waals surface area contributed by atoms with Gasteiger partial charge in [-0.2, -0.15) is 0 Å². The highest BCUT2D eigenvalue weighted by Crippen LogP contribution is 2.12. The summed E-state index contributed by atoms with van der Waals surface area (Å²) in [5.74, 6) is -4.68. The third-order valence-corrected chi connectivity index (χ3v) is 5.45. The summed E-state index contributed by atoms with van der Waals surface area (Å²) in [5.41, 5.74) is 11.6. The number of carbonyl (C=O) groups excluding carboxylic acids is 4. The fourth-order valence-corrected chi connectivity index (χ4v) is 3.35. The number of imidazole rings is 1. The number of amides is 4. The van der Waals surface area contributed by atoms with Gasteiger partial charge >= 0.3 is 5.97 Å². The van der Waals surface area contributed by atoms with Gasteiger partial charge < -0.3 is 47.7 Å². The van der Waals surface area contributed by atoms with Gasteiger partial charge in [-0.3, -0.25) is 19.2 Å². The maximum Gasteiger partial charge on any atom is 0.326 e. The fourth-order valence-electron chi connectivity index (χ4n) is 3.35. The summed E-state index contributed by atoms with van der Waals surface area (Å²) < 4.78 is 0. The summed E-state index contributed by atoms with van der Waals surface area (Å²) in [5, 5.41) is 35.4. The Balaban J connectivity index is 2.28. The number of carboxylic acid groups (broad SMARTS) is 1. The lowest BCUT2D eigenvalue weighted by atomic mass is 10.0. The molecule has 1 aromatic carbocycles. The second-order valence-corrected chi connectivity index (χ2v) is 8.47. The molecule has 0 aliphatic rings. The first kappa shape index (κ1) is 29.7. The highest BCUT2D eigenvalue weighted by Gasteiger charge is 2.31. The van der Waals surface area contributed by atoms with Crippen molar-refractivity contribution >= 4 is 29.6 Å². The molecule has 0 saturated heterocycles. The van der Waals surface area contributed by atoms with E-state index in [1.54, 1.807) is 0 Å². The van der Waals surface area contributed by atoms with Crippen LogP contribution in [-0.4, -0.2) is 85.7 Å². The second-order valence-electron chi connectivity index (χ2n) is 8.47. The van der Waals surface area contributed by atoms with Gasteiger partial charge in [0.1, 0.15) is 29.9 Å². The number of nitrogens with two attached hydrogens (primary N) is 2. The number of carbonyl (C=O) groups is 5. The normalized spacial score (nSPS) is 13.9. The van der Waals surface area contributed by atoms with Crippen LogP contribution in [0.2, 0.25) is 0 Å². The molecule has 15 nitrogen and oxygen atoms in total. The quantitative estimate of drug-likeness (QED) is 0.112. The summed E-state index contributed by atoms with van der Waals surface area (Å²) in [7, 11) is 0. The van der Waals surface area contributed by atoms with Gasteiger partial charge in [0.2, 0.25) is 23.6 Å². The zero-order valence-corrected chi connectivity index (χ0v) is 20.3. The zero-order valence-electron chi connectivity index (χ0n) is 20.3. The number of nitrogens with one attached hydrogen (secondary N) is 4. The Labute approximate surface area is 217 Å². The number of aliphatic carboxylic acids is 1. The Kier molecular flexibility index (Phi) is 11.2. The van der Waals surface area contributed by atoms with Gasteiger partial charge in [0.25, 0.3) is 0 Å². The highest BCUT2D eigenvalue weighted by molar-refractivity contribution is 5.94. The lowest BCUT2D eigenvalue weighted by Crippen LogP contribution is -2.58. The van der Waals surface area contributed by atoms with Crippen molar-refractivity contribution in [2.75, 3.05) is 6.61 Å². The molecule has 15 heteroatoms. The molecule has 0 radical (unpaired) electrons. The number of aromatic amines is 1. The molecule has 206 valence electrons. The lowest BCUT2D eigenvalue weighted by Gasteiger charge is -2.25. The highest BCUT2D eigenvalue weighted by atomic mass is 16.4. The van der Waals surface area contributed by atoms with Gasteiger partial charge in [-0.15, -0.1) is 0 Å². The third-order valence-electron chi connectivity index (χ3n) is 5.45. The number of carboxylic acids is 1. The van der Waals surface area contributed by atoms with Crippen molar-refractivity contribution in [3.8, 4) is 5.75 Å². The van der Waals surface area contributed by atoms with E-state index in [-0.39, 0.29) is 31.4 Å². The van der Waals surface area contributed by atoms with Gasteiger partial charge in [-0.25, -0.2) is 9.78 Å². The topological polar surface area (TPSA) is 263 Å². The number of H-pyrrole nitrogens is 1. The van der Waals surface area contributed by atoms with E-state index < -0.39 is 60.4 Å². The number of benzene rings is 1. The lowest BCUT2D eigenvalue weighted by molar-refractivity contribution is -0.142. The van der Waals surface area contributed by atoms with Gasteiger partial charge in [-0.1, -0.05) is 12.1 Å². The molecule has 11 N–H and O–H groups in total. The Morgan fingerprint density at radius 1 is 0.921 bits per heavy atom. The average Bonchev–Trinajstić information content (AvgIpc) is 3.39. The van der Waals surface area contributed by atoms with Crippen LogP contribution in [0.25, 0.3) is 0 Å². The van der Waals surface area contributed by atoms with Crippen molar-refractivity contribution in [3.63, 3.8) is 0 Å². The van der Waals surface area contributed by atoms with E-state index in [4.69, 9.17) is 11.5 Å². The number of phenolic OH excluding ortho intramolecular Hbond substituents is 1. The predicted octanol–water partition coefficient (Wildman–Crippen LogP) is -2.98. The fraction of sp³-hybridized carbons (Fsp3) is 0.391. The van der Waals surface area contributed by atoms with Crippen molar-refractivity contribution in [3.05, 3.63) is 48.0 Å². The van der Waals surface area contributed by atoms with Crippen LogP contribution in [0.1, 0.15) is 24.1 Å². The van der Waals surface area contributed by atoms with Crippen molar-refractivity contribution in [1.82, 2.24) is 25.9 Å². The van der Waals surface area contributed by atoms with E-state index >= 15 is 0 Å². The summed E-state index contributed by atoms with van der Waals surface area (Å²) in [6.07, 6.45) is 2.05. The van der Waals surface area contributed by atoms with E-state index in [0.717, 1.165) is 0 Å². The van der Waals surface area contributed by atoms with Crippen molar-refractivity contribution in [1.29, 1.82) is 0 Å². The Bertz CT molecular complexity index is 1110. The molecule has 0 bridgehead atoms. The molecule has 1 heterocycles. The van der Waals surface area contributed by atoms with Crippen LogP contribution in [0.4, 0.5) is 0 Å². The SMILES string of the molecule is NC(=O)CCC(NC(=O)C(Cc1ccc(O)cc1)NC(=O)C(Cc1cnc[nH]1)NC(=O)C(N)CO)C(=O)O. The van der Waals surface area contributed by atoms with Crippen LogP contribution in [0.15, 0.2) is 36.8 Å². The monoisotopic (exact) mass is 533 g/mol. The molecule has 0 saturated carbocycles. The summed E-state index contributed by atoms with van der Waals surface area (Å²) in [6.45, 7) is -0.669. The second kappa shape index (κ2) is 14.3. The standard InChI is InChI=1S/C23H31N7O8/c24-15(10-31)20(34)29-18(8-13-9-26-11-27-13)22(36)30-17(7-12-1-3-14(32)4-2-12)21(35)28-16(23(37)38)5-6-19(25)33/h1-4,9,11,15-18,31-32H,5-8,10,24H2,(H2,25,33)(H,26,27)(H,28,35)(H,29,34)(H,30,36)(H,37,38). The van der Waals surface area contributed by atoms with Crippen molar-refractivity contribution in [2.45, 2.75) is 49.9 Å². The third kappa shape index (κ3) is 9.51. The minimum Gasteiger partial charge on any atom is -0.508 e. The molecule has 0 aliphatic carbocycles. The van der Waals surface area contributed by atoms with E-state index in [1.165, 1.54) is 36.8 Å².